The number of sulfonamides is 1. The van der Waals surface area contributed by atoms with Gasteiger partial charge < -0.3 is 4.74 Å². The fraction of sp³-hybridized carbons (Fsp3) is 0.500. The molecule has 27 heavy (non-hydrogen) atoms. The maximum absolute atomic E-state index is 14.2. The van der Waals surface area contributed by atoms with Gasteiger partial charge in [-0.25, -0.2) is 17.2 Å². The van der Waals surface area contributed by atoms with Gasteiger partial charge in [-0.15, -0.1) is 0 Å². The van der Waals surface area contributed by atoms with E-state index in [1.807, 2.05) is 7.05 Å². The summed E-state index contributed by atoms with van der Waals surface area (Å²) < 4.78 is 62.5. The summed E-state index contributed by atoms with van der Waals surface area (Å²) in [6, 6.07) is 2.07. The van der Waals surface area contributed by atoms with Crippen LogP contribution in [0.5, 0.6) is 0 Å². The first kappa shape index (κ1) is 18.5. The Labute approximate surface area is 156 Å². The number of rotatable bonds is 3. The van der Waals surface area contributed by atoms with Crippen LogP contribution < -0.4 is 0 Å². The van der Waals surface area contributed by atoms with E-state index >= 15 is 0 Å². The number of nitrogens with zero attached hydrogens (tertiary/aromatic N) is 3. The second kappa shape index (κ2) is 6.96. The summed E-state index contributed by atoms with van der Waals surface area (Å²) in [5.41, 5.74) is 2.65. The van der Waals surface area contributed by atoms with Crippen molar-refractivity contribution in [1.29, 1.82) is 0 Å². The molecule has 0 saturated carbocycles. The summed E-state index contributed by atoms with van der Waals surface area (Å²) in [6.07, 6.45) is 2.87. The van der Waals surface area contributed by atoms with Gasteiger partial charge in [-0.3, -0.25) is 4.68 Å². The van der Waals surface area contributed by atoms with E-state index in [0.29, 0.717) is 37.8 Å². The molecule has 0 spiro atoms. The lowest BCUT2D eigenvalue weighted by Gasteiger charge is -2.34. The lowest BCUT2D eigenvalue weighted by Crippen LogP contribution is -2.39. The van der Waals surface area contributed by atoms with Gasteiger partial charge in [0.2, 0.25) is 10.0 Å². The van der Waals surface area contributed by atoms with Crippen molar-refractivity contribution in [2.45, 2.75) is 43.2 Å². The molecule has 9 heteroatoms. The van der Waals surface area contributed by atoms with Crippen LogP contribution in [0.25, 0.3) is 0 Å². The van der Waals surface area contributed by atoms with Gasteiger partial charge in [-0.1, -0.05) is 6.42 Å². The molecule has 2 aliphatic heterocycles. The summed E-state index contributed by atoms with van der Waals surface area (Å²) in [5.74, 6) is -1.89. The smallest absolute Gasteiger partial charge is 0.246 e. The second-order valence-corrected chi connectivity index (χ2v) is 8.80. The van der Waals surface area contributed by atoms with E-state index in [9.17, 15) is 17.2 Å². The van der Waals surface area contributed by atoms with E-state index in [2.05, 4.69) is 5.10 Å². The number of piperidine rings is 1. The van der Waals surface area contributed by atoms with Crippen molar-refractivity contribution in [3.8, 4) is 0 Å². The molecule has 146 valence electrons. The fourth-order valence-electron chi connectivity index (χ4n) is 3.98. The number of hydrogen-bond acceptors (Lipinski definition) is 4. The van der Waals surface area contributed by atoms with Crippen molar-refractivity contribution < 1.29 is 21.9 Å². The molecule has 1 unspecified atom stereocenters. The van der Waals surface area contributed by atoms with Crippen LogP contribution in [-0.2, 0) is 34.8 Å². The SMILES string of the molecule is Cn1nc(C2CCCCN2S(=O)(=O)c2ccc(F)cc2F)c2c1CCOC2. The molecule has 0 aliphatic carbocycles. The quantitative estimate of drug-likeness (QED) is 0.799. The minimum Gasteiger partial charge on any atom is -0.376 e. The Bertz CT molecular complexity index is 974. The molecule has 1 atom stereocenters. The first-order valence-corrected chi connectivity index (χ1v) is 10.4. The molecule has 0 amide bonds. The molecular weight excluding hydrogens is 376 g/mol. The van der Waals surface area contributed by atoms with Crippen LogP contribution >= 0.6 is 0 Å². The first-order valence-electron chi connectivity index (χ1n) is 8.99. The summed E-state index contributed by atoms with van der Waals surface area (Å²) in [6.45, 7) is 1.28. The van der Waals surface area contributed by atoms with Crippen LogP contribution in [0.1, 0.15) is 42.3 Å². The van der Waals surface area contributed by atoms with E-state index in [-0.39, 0.29) is 6.54 Å². The number of aromatic nitrogens is 2. The van der Waals surface area contributed by atoms with E-state index < -0.39 is 32.6 Å². The highest BCUT2D eigenvalue weighted by molar-refractivity contribution is 7.89. The Hall–Kier alpha value is -1.84. The number of hydrogen-bond donors (Lipinski definition) is 0. The van der Waals surface area contributed by atoms with Crippen LogP contribution in [-0.4, -0.2) is 35.7 Å². The third-order valence-electron chi connectivity index (χ3n) is 5.29. The van der Waals surface area contributed by atoms with E-state index in [4.69, 9.17) is 4.74 Å². The predicted molar refractivity (Wildman–Crippen MR) is 93.4 cm³/mol. The van der Waals surface area contributed by atoms with Gasteiger partial charge in [0.25, 0.3) is 0 Å². The standard InChI is InChI=1S/C18H21F2N3O3S/c1-22-15-7-9-26-11-13(15)18(21-22)16-4-2-3-8-23(16)27(24,25)17-6-5-12(19)10-14(17)20/h5-6,10,16H,2-4,7-9,11H2,1H3. The lowest BCUT2D eigenvalue weighted by molar-refractivity contribution is 0.107. The summed E-state index contributed by atoms with van der Waals surface area (Å²) in [5, 5.41) is 4.59. The zero-order valence-corrected chi connectivity index (χ0v) is 15.8. The van der Waals surface area contributed by atoms with Gasteiger partial charge in [0.15, 0.2) is 0 Å². The number of ether oxygens (including phenoxy) is 1. The van der Waals surface area contributed by atoms with Crippen molar-refractivity contribution >= 4 is 10.0 Å². The maximum Gasteiger partial charge on any atom is 0.246 e. The molecule has 2 aromatic rings. The average Bonchev–Trinajstić information content (AvgIpc) is 2.98. The normalized spacial score (nSPS) is 21.2. The molecular formula is C18H21F2N3O3S. The molecule has 4 rings (SSSR count). The Morgan fingerprint density at radius 2 is 2.07 bits per heavy atom. The number of halogens is 2. The Morgan fingerprint density at radius 1 is 1.26 bits per heavy atom. The molecule has 6 nitrogen and oxygen atoms in total. The molecule has 2 aliphatic rings. The topological polar surface area (TPSA) is 64.4 Å². The van der Waals surface area contributed by atoms with Gasteiger partial charge in [0.05, 0.1) is 24.9 Å². The van der Waals surface area contributed by atoms with Crippen molar-refractivity contribution in [2.75, 3.05) is 13.2 Å². The summed E-state index contributed by atoms with van der Waals surface area (Å²) in [7, 11) is -2.28. The molecule has 1 aromatic heterocycles. The fourth-order valence-corrected chi connectivity index (χ4v) is 5.69. The predicted octanol–water partition coefficient (Wildman–Crippen LogP) is 2.69. The van der Waals surface area contributed by atoms with Crippen molar-refractivity contribution in [2.24, 2.45) is 7.05 Å². The van der Waals surface area contributed by atoms with Crippen LogP contribution in [0.15, 0.2) is 23.1 Å². The zero-order chi connectivity index (χ0) is 19.2. The van der Waals surface area contributed by atoms with Crippen molar-refractivity contribution in [1.82, 2.24) is 14.1 Å². The van der Waals surface area contributed by atoms with Gasteiger partial charge in [0, 0.05) is 37.3 Å². The molecule has 3 heterocycles. The minimum atomic E-state index is -4.12. The Balaban J connectivity index is 1.77. The largest absolute Gasteiger partial charge is 0.376 e. The maximum atomic E-state index is 14.2. The lowest BCUT2D eigenvalue weighted by atomic mass is 9.97. The second-order valence-electron chi connectivity index (χ2n) is 6.94. The molecule has 1 aromatic carbocycles. The molecule has 1 fully saturated rings. The number of benzene rings is 1. The van der Waals surface area contributed by atoms with Crippen LogP contribution in [0.3, 0.4) is 0 Å². The van der Waals surface area contributed by atoms with Crippen LogP contribution in [0, 0.1) is 11.6 Å². The average molecular weight is 397 g/mol. The molecule has 1 saturated heterocycles. The molecule has 0 bridgehead atoms. The Morgan fingerprint density at radius 3 is 2.85 bits per heavy atom. The third-order valence-corrected chi connectivity index (χ3v) is 7.23. The zero-order valence-electron chi connectivity index (χ0n) is 15.0. The highest BCUT2D eigenvalue weighted by Gasteiger charge is 2.39. The first-order chi connectivity index (χ1) is 12.9. The van der Waals surface area contributed by atoms with Crippen LogP contribution in [0.2, 0.25) is 0 Å². The van der Waals surface area contributed by atoms with Crippen molar-refractivity contribution in [3.63, 3.8) is 0 Å². The van der Waals surface area contributed by atoms with Gasteiger partial charge >= 0.3 is 0 Å². The monoisotopic (exact) mass is 397 g/mol. The summed E-state index contributed by atoms with van der Waals surface area (Å²) in [4.78, 5) is -0.503. The van der Waals surface area contributed by atoms with Crippen molar-refractivity contribution in [3.05, 3.63) is 46.8 Å². The highest BCUT2D eigenvalue weighted by Crippen LogP contribution is 2.38. The van der Waals surface area contributed by atoms with Gasteiger partial charge in [-0.05, 0) is 25.0 Å². The number of aryl methyl sites for hydroxylation is 1. The Kier molecular flexibility index (Phi) is 4.77. The van der Waals surface area contributed by atoms with Gasteiger partial charge in [-0.2, -0.15) is 9.40 Å². The summed E-state index contributed by atoms with van der Waals surface area (Å²) >= 11 is 0. The highest BCUT2D eigenvalue weighted by atomic mass is 32.2. The van der Waals surface area contributed by atoms with E-state index in [1.54, 1.807) is 4.68 Å². The molecule has 0 N–H and O–H groups in total. The molecule has 0 radical (unpaired) electrons. The minimum absolute atomic E-state index is 0.274. The van der Waals surface area contributed by atoms with Gasteiger partial charge in [0.1, 0.15) is 16.5 Å². The number of fused-ring (bicyclic) bond motifs is 1. The third kappa shape index (κ3) is 3.17. The van der Waals surface area contributed by atoms with Crippen LogP contribution in [0.4, 0.5) is 8.78 Å². The van der Waals surface area contributed by atoms with E-state index in [0.717, 1.165) is 36.2 Å². The van der Waals surface area contributed by atoms with E-state index in [1.165, 1.54) is 4.31 Å².